The summed E-state index contributed by atoms with van der Waals surface area (Å²) >= 11 is 24.1. The van der Waals surface area contributed by atoms with Crippen LogP contribution in [0.15, 0.2) is 42.5 Å². The standard InChI is InChI=1S/C16H13Cl4F/c17-9-16(10-18,12-2-4-13(19)5-3-12)8-11-1-6-15(21)14(20)7-11/h1-7H,8-10H2. The van der Waals surface area contributed by atoms with E-state index in [0.29, 0.717) is 23.2 Å². The number of halogens is 5. The quantitative estimate of drug-likeness (QED) is 0.562. The van der Waals surface area contributed by atoms with Crippen LogP contribution in [-0.4, -0.2) is 11.8 Å². The van der Waals surface area contributed by atoms with Crippen LogP contribution in [0.1, 0.15) is 11.1 Å². The third-order valence-electron chi connectivity index (χ3n) is 3.49. The molecule has 0 aliphatic heterocycles. The Morgan fingerprint density at radius 2 is 1.52 bits per heavy atom. The third kappa shape index (κ3) is 3.84. The minimum atomic E-state index is -0.450. The molecule has 2 aromatic carbocycles. The lowest BCUT2D eigenvalue weighted by molar-refractivity contribution is 0.535. The first-order valence-corrected chi connectivity index (χ1v) is 8.15. The van der Waals surface area contributed by atoms with Gasteiger partial charge < -0.3 is 0 Å². The van der Waals surface area contributed by atoms with E-state index in [-0.39, 0.29) is 5.02 Å². The second-order valence-corrected chi connectivity index (χ2v) is 6.36. The summed E-state index contributed by atoms with van der Waals surface area (Å²) in [5.74, 6) is 0.245. The number of alkyl halides is 2. The zero-order valence-electron chi connectivity index (χ0n) is 11.1. The lowest BCUT2D eigenvalue weighted by Crippen LogP contribution is -2.33. The highest BCUT2D eigenvalue weighted by Gasteiger charge is 2.31. The second kappa shape index (κ2) is 7.19. The predicted octanol–water partition coefficient (Wildman–Crippen LogP) is 6.09. The van der Waals surface area contributed by atoms with E-state index in [1.54, 1.807) is 12.1 Å². The minimum Gasteiger partial charge on any atom is -0.205 e. The van der Waals surface area contributed by atoms with Gasteiger partial charge in [-0.05, 0) is 41.8 Å². The zero-order valence-corrected chi connectivity index (χ0v) is 14.1. The van der Waals surface area contributed by atoms with Crippen molar-refractivity contribution in [3.05, 3.63) is 69.5 Å². The van der Waals surface area contributed by atoms with Crippen molar-refractivity contribution in [2.24, 2.45) is 0 Å². The average molecular weight is 366 g/mol. The summed E-state index contributed by atoms with van der Waals surface area (Å²) < 4.78 is 13.3. The maximum atomic E-state index is 13.3. The Labute approximate surface area is 143 Å². The molecular formula is C16H13Cl4F. The van der Waals surface area contributed by atoms with Crippen LogP contribution in [0, 0.1) is 5.82 Å². The molecule has 0 aliphatic carbocycles. The van der Waals surface area contributed by atoms with Gasteiger partial charge >= 0.3 is 0 Å². The van der Waals surface area contributed by atoms with E-state index in [0.717, 1.165) is 11.1 Å². The molecule has 0 aromatic heterocycles. The molecule has 0 radical (unpaired) electrons. The Hall–Kier alpha value is -0.470. The molecule has 0 unspecified atom stereocenters. The van der Waals surface area contributed by atoms with Gasteiger partial charge in [-0.3, -0.25) is 0 Å². The molecule has 0 saturated carbocycles. The van der Waals surface area contributed by atoms with Crippen molar-refractivity contribution in [1.82, 2.24) is 0 Å². The van der Waals surface area contributed by atoms with Crippen molar-refractivity contribution in [1.29, 1.82) is 0 Å². The molecule has 0 bridgehead atoms. The molecule has 5 heteroatoms. The van der Waals surface area contributed by atoms with E-state index in [2.05, 4.69) is 0 Å². The highest BCUT2D eigenvalue weighted by molar-refractivity contribution is 6.31. The van der Waals surface area contributed by atoms with Crippen molar-refractivity contribution in [3.8, 4) is 0 Å². The Bertz CT molecular complexity index is 606. The smallest absolute Gasteiger partial charge is 0.141 e. The topological polar surface area (TPSA) is 0 Å². The second-order valence-electron chi connectivity index (χ2n) is 4.98. The molecular weight excluding hydrogens is 353 g/mol. The molecule has 0 N–H and O–H groups in total. The van der Waals surface area contributed by atoms with Gasteiger partial charge in [0.25, 0.3) is 0 Å². The summed E-state index contributed by atoms with van der Waals surface area (Å²) in [4.78, 5) is 0. The fourth-order valence-electron chi connectivity index (χ4n) is 2.23. The van der Waals surface area contributed by atoms with Gasteiger partial charge in [0.15, 0.2) is 0 Å². The maximum absolute atomic E-state index is 13.3. The summed E-state index contributed by atoms with van der Waals surface area (Å²) in [5, 5.41) is 0.753. The number of rotatable bonds is 5. The number of benzene rings is 2. The Balaban J connectivity index is 2.37. The molecule has 0 atom stereocenters. The molecule has 0 amide bonds. The van der Waals surface area contributed by atoms with E-state index in [1.165, 1.54) is 6.07 Å². The fourth-order valence-corrected chi connectivity index (χ4v) is 3.34. The van der Waals surface area contributed by atoms with E-state index in [9.17, 15) is 4.39 Å². The average Bonchev–Trinajstić information content (AvgIpc) is 2.49. The molecule has 0 spiro atoms. The molecule has 0 fully saturated rings. The Morgan fingerprint density at radius 3 is 2.05 bits per heavy atom. The molecule has 2 aromatic rings. The maximum Gasteiger partial charge on any atom is 0.141 e. The van der Waals surface area contributed by atoms with Gasteiger partial charge in [-0.1, -0.05) is 41.4 Å². The lowest BCUT2D eigenvalue weighted by Gasteiger charge is -2.30. The van der Waals surface area contributed by atoms with E-state index < -0.39 is 11.2 Å². The van der Waals surface area contributed by atoms with Crippen molar-refractivity contribution < 1.29 is 4.39 Å². The van der Waals surface area contributed by atoms with Crippen LogP contribution < -0.4 is 0 Å². The summed E-state index contributed by atoms with van der Waals surface area (Å²) in [6.07, 6.45) is 0.571. The van der Waals surface area contributed by atoms with E-state index >= 15 is 0 Å². The molecule has 0 aliphatic rings. The van der Waals surface area contributed by atoms with Crippen LogP contribution in [0.3, 0.4) is 0 Å². The van der Waals surface area contributed by atoms with Gasteiger partial charge in [-0.2, -0.15) is 0 Å². The first kappa shape index (κ1) is 16.9. The van der Waals surface area contributed by atoms with Gasteiger partial charge in [-0.15, -0.1) is 23.2 Å². The Kier molecular flexibility index (Phi) is 5.79. The summed E-state index contributed by atoms with van der Waals surface area (Å²) in [7, 11) is 0. The summed E-state index contributed by atoms with van der Waals surface area (Å²) in [6.45, 7) is 0. The number of hydrogen-bond acceptors (Lipinski definition) is 0. The van der Waals surface area contributed by atoms with Crippen molar-refractivity contribution >= 4 is 46.4 Å². The van der Waals surface area contributed by atoms with Crippen molar-refractivity contribution in [3.63, 3.8) is 0 Å². The van der Waals surface area contributed by atoms with Gasteiger partial charge in [-0.25, -0.2) is 4.39 Å². The molecule has 21 heavy (non-hydrogen) atoms. The largest absolute Gasteiger partial charge is 0.205 e. The predicted molar refractivity (Wildman–Crippen MR) is 89.7 cm³/mol. The van der Waals surface area contributed by atoms with Gasteiger partial charge in [0.2, 0.25) is 0 Å². The molecule has 0 saturated heterocycles. The zero-order chi connectivity index (χ0) is 15.5. The molecule has 112 valence electrons. The van der Waals surface area contributed by atoms with E-state index in [4.69, 9.17) is 46.4 Å². The monoisotopic (exact) mass is 364 g/mol. The molecule has 0 nitrogen and oxygen atoms in total. The van der Waals surface area contributed by atoms with Gasteiger partial charge in [0, 0.05) is 22.2 Å². The SMILES string of the molecule is Fc1ccc(CC(CCl)(CCl)c2ccc(Cl)cc2)cc1Cl. The highest BCUT2D eigenvalue weighted by atomic mass is 35.5. The van der Waals surface area contributed by atoms with Crippen molar-refractivity contribution in [2.75, 3.05) is 11.8 Å². The van der Waals surface area contributed by atoms with Crippen molar-refractivity contribution in [2.45, 2.75) is 11.8 Å². The summed E-state index contributed by atoms with van der Waals surface area (Å²) in [6, 6.07) is 12.1. The van der Waals surface area contributed by atoms with Crippen LogP contribution in [0.2, 0.25) is 10.0 Å². The van der Waals surface area contributed by atoms with E-state index in [1.807, 2.05) is 24.3 Å². The summed E-state index contributed by atoms with van der Waals surface area (Å²) in [5.41, 5.74) is 1.43. The fraction of sp³-hybridized carbons (Fsp3) is 0.250. The minimum absolute atomic E-state index is 0.0988. The van der Waals surface area contributed by atoms with Crippen LogP contribution in [0.25, 0.3) is 0 Å². The molecule has 2 rings (SSSR count). The van der Waals surface area contributed by atoms with Gasteiger partial charge in [0.05, 0.1) is 5.02 Å². The van der Waals surface area contributed by atoms with Gasteiger partial charge in [0.1, 0.15) is 5.82 Å². The first-order valence-electron chi connectivity index (χ1n) is 6.33. The third-order valence-corrected chi connectivity index (χ3v) is 5.06. The lowest BCUT2D eigenvalue weighted by atomic mass is 9.79. The Morgan fingerprint density at radius 1 is 0.905 bits per heavy atom. The first-order chi connectivity index (χ1) is 10.0. The van der Waals surface area contributed by atoms with Crippen LogP contribution in [-0.2, 0) is 11.8 Å². The molecule has 0 heterocycles. The normalized spacial score (nSPS) is 11.7. The number of hydrogen-bond donors (Lipinski definition) is 0. The van der Waals surface area contributed by atoms with Crippen LogP contribution >= 0.6 is 46.4 Å². The van der Waals surface area contributed by atoms with Crippen LogP contribution in [0.4, 0.5) is 4.39 Å². The van der Waals surface area contributed by atoms with Crippen LogP contribution in [0.5, 0.6) is 0 Å². The highest BCUT2D eigenvalue weighted by Crippen LogP contribution is 2.33.